The minimum absolute atomic E-state index is 0.0972. The van der Waals surface area contributed by atoms with Crippen LogP contribution in [0.15, 0.2) is 30.3 Å². The van der Waals surface area contributed by atoms with Crippen molar-refractivity contribution < 1.29 is 14.7 Å². The van der Waals surface area contributed by atoms with E-state index in [0.29, 0.717) is 12.8 Å². The van der Waals surface area contributed by atoms with Crippen molar-refractivity contribution in [2.24, 2.45) is 5.92 Å². The summed E-state index contributed by atoms with van der Waals surface area (Å²) in [5.41, 5.74) is 1.24. The number of urea groups is 1. The van der Waals surface area contributed by atoms with Crippen LogP contribution in [0.4, 0.5) is 10.5 Å². The van der Waals surface area contributed by atoms with Crippen molar-refractivity contribution in [3.05, 3.63) is 30.3 Å². The lowest BCUT2D eigenvalue weighted by atomic mass is 9.86. The molecule has 6 nitrogen and oxygen atoms in total. The third-order valence-corrected chi connectivity index (χ3v) is 5.36. The monoisotopic (exact) mass is 345 g/mol. The lowest BCUT2D eigenvalue weighted by molar-refractivity contribution is -0.142. The van der Waals surface area contributed by atoms with Crippen LogP contribution in [0, 0.1) is 5.92 Å². The minimum atomic E-state index is -0.715. The molecule has 136 valence electrons. The first kappa shape index (κ1) is 17.6. The van der Waals surface area contributed by atoms with Crippen molar-refractivity contribution in [2.45, 2.75) is 50.6 Å². The van der Waals surface area contributed by atoms with Crippen LogP contribution in [-0.4, -0.2) is 42.3 Å². The topological polar surface area (TPSA) is 81.7 Å². The van der Waals surface area contributed by atoms with Gasteiger partial charge in [-0.1, -0.05) is 18.2 Å². The van der Waals surface area contributed by atoms with Gasteiger partial charge < -0.3 is 20.6 Å². The number of carbonyl (C=O) groups is 2. The predicted octanol–water partition coefficient (Wildman–Crippen LogP) is 2.60. The molecule has 6 heteroatoms. The highest BCUT2D eigenvalue weighted by Crippen LogP contribution is 2.24. The third kappa shape index (κ3) is 4.87. The van der Waals surface area contributed by atoms with Crippen LogP contribution in [0.5, 0.6) is 0 Å². The number of carbonyl (C=O) groups excluding carboxylic acids is 1. The molecule has 1 aromatic rings. The fraction of sp³-hybridized carbons (Fsp3) is 0.579. The number of piperidine rings is 1. The van der Waals surface area contributed by atoms with Gasteiger partial charge in [-0.25, -0.2) is 4.79 Å². The summed E-state index contributed by atoms with van der Waals surface area (Å²) in [5.74, 6) is -0.962. The fourth-order valence-electron chi connectivity index (χ4n) is 3.82. The molecule has 2 amide bonds. The number of aliphatic carboxylic acids is 1. The lowest BCUT2D eigenvalue weighted by Crippen LogP contribution is -2.50. The lowest BCUT2D eigenvalue weighted by Gasteiger charge is -2.34. The largest absolute Gasteiger partial charge is 0.481 e. The average molecular weight is 345 g/mol. The van der Waals surface area contributed by atoms with Crippen molar-refractivity contribution in [3.63, 3.8) is 0 Å². The molecule has 0 aromatic heterocycles. The second-order valence-corrected chi connectivity index (χ2v) is 7.10. The van der Waals surface area contributed by atoms with Crippen molar-refractivity contribution in [3.8, 4) is 0 Å². The number of hydrogen-bond donors (Lipinski definition) is 3. The summed E-state index contributed by atoms with van der Waals surface area (Å²) in [6.07, 6.45) is 4.67. The highest BCUT2D eigenvalue weighted by molar-refractivity contribution is 5.75. The molecule has 1 saturated heterocycles. The van der Waals surface area contributed by atoms with E-state index in [2.05, 4.69) is 27.7 Å². The smallest absolute Gasteiger partial charge is 0.315 e. The maximum Gasteiger partial charge on any atom is 0.315 e. The molecule has 1 heterocycles. The second kappa shape index (κ2) is 8.23. The molecule has 3 N–H and O–H groups in total. The summed E-state index contributed by atoms with van der Waals surface area (Å²) in [4.78, 5) is 25.5. The summed E-state index contributed by atoms with van der Waals surface area (Å²) < 4.78 is 0. The number of para-hydroxylation sites is 1. The average Bonchev–Trinajstić information content (AvgIpc) is 2.63. The summed E-state index contributed by atoms with van der Waals surface area (Å²) in [5, 5.41) is 15.1. The van der Waals surface area contributed by atoms with Crippen LogP contribution >= 0.6 is 0 Å². The molecule has 1 aromatic carbocycles. The number of anilines is 1. The van der Waals surface area contributed by atoms with E-state index in [1.165, 1.54) is 5.69 Å². The molecular formula is C19H27N3O3. The van der Waals surface area contributed by atoms with Gasteiger partial charge in [-0.3, -0.25) is 4.79 Å². The molecule has 0 bridgehead atoms. The number of nitrogens with zero attached hydrogens (tertiary/aromatic N) is 1. The molecule has 0 atom stereocenters. The molecule has 3 rings (SSSR count). The number of carboxylic acids is 1. The normalized spacial score (nSPS) is 24.6. The van der Waals surface area contributed by atoms with Crippen molar-refractivity contribution in [2.75, 3.05) is 18.0 Å². The maximum absolute atomic E-state index is 12.2. The Morgan fingerprint density at radius 2 is 1.44 bits per heavy atom. The predicted molar refractivity (Wildman–Crippen MR) is 96.7 cm³/mol. The summed E-state index contributed by atoms with van der Waals surface area (Å²) >= 11 is 0. The molecule has 2 aliphatic rings. The fourth-order valence-corrected chi connectivity index (χ4v) is 3.82. The highest BCUT2D eigenvalue weighted by atomic mass is 16.4. The van der Waals surface area contributed by atoms with E-state index in [1.54, 1.807) is 0 Å². The first-order valence-corrected chi connectivity index (χ1v) is 9.21. The third-order valence-electron chi connectivity index (χ3n) is 5.36. The molecule has 0 radical (unpaired) electrons. The Morgan fingerprint density at radius 1 is 0.880 bits per heavy atom. The quantitative estimate of drug-likeness (QED) is 0.783. The van der Waals surface area contributed by atoms with Crippen LogP contribution in [-0.2, 0) is 4.79 Å². The van der Waals surface area contributed by atoms with Crippen LogP contribution in [0.3, 0.4) is 0 Å². The van der Waals surface area contributed by atoms with Crippen LogP contribution < -0.4 is 15.5 Å². The molecule has 25 heavy (non-hydrogen) atoms. The molecule has 0 spiro atoms. The zero-order valence-corrected chi connectivity index (χ0v) is 14.5. The van der Waals surface area contributed by atoms with Crippen LogP contribution in [0.1, 0.15) is 38.5 Å². The van der Waals surface area contributed by atoms with Gasteiger partial charge in [-0.2, -0.15) is 0 Å². The number of nitrogens with one attached hydrogen (secondary N) is 2. The number of carboxylic acid groups (broad SMARTS) is 1. The van der Waals surface area contributed by atoms with Gasteiger partial charge in [-0.15, -0.1) is 0 Å². The molecule has 1 aliphatic carbocycles. The summed E-state index contributed by atoms with van der Waals surface area (Å²) in [7, 11) is 0. The van der Waals surface area contributed by atoms with E-state index >= 15 is 0 Å². The molecule has 0 unspecified atom stereocenters. The van der Waals surface area contributed by atoms with E-state index < -0.39 is 5.97 Å². The molecule has 1 saturated carbocycles. The Hall–Kier alpha value is -2.24. The van der Waals surface area contributed by atoms with E-state index in [1.807, 2.05) is 18.2 Å². The Kier molecular flexibility index (Phi) is 5.79. The van der Waals surface area contributed by atoms with Gasteiger partial charge in [0.1, 0.15) is 0 Å². The van der Waals surface area contributed by atoms with Crippen molar-refractivity contribution >= 4 is 17.7 Å². The second-order valence-electron chi connectivity index (χ2n) is 7.10. The highest BCUT2D eigenvalue weighted by Gasteiger charge is 2.27. The minimum Gasteiger partial charge on any atom is -0.481 e. The maximum atomic E-state index is 12.2. The molecule has 1 aliphatic heterocycles. The van der Waals surface area contributed by atoms with E-state index in [-0.39, 0.29) is 24.0 Å². The van der Waals surface area contributed by atoms with Crippen molar-refractivity contribution in [1.29, 1.82) is 0 Å². The van der Waals surface area contributed by atoms with E-state index in [9.17, 15) is 9.59 Å². The zero-order valence-electron chi connectivity index (χ0n) is 14.5. The molecule has 2 fully saturated rings. The Morgan fingerprint density at radius 3 is 2.00 bits per heavy atom. The SMILES string of the molecule is O=C(NC1CCC(C(=O)O)CC1)NC1CCN(c2ccccc2)CC1. The van der Waals surface area contributed by atoms with Gasteiger partial charge in [0.2, 0.25) is 0 Å². The van der Waals surface area contributed by atoms with Gasteiger partial charge >= 0.3 is 12.0 Å². The summed E-state index contributed by atoms with van der Waals surface area (Å²) in [6, 6.07) is 10.5. The number of hydrogen-bond acceptors (Lipinski definition) is 3. The molecular weight excluding hydrogens is 318 g/mol. The van der Waals surface area contributed by atoms with E-state index in [0.717, 1.165) is 38.8 Å². The number of rotatable bonds is 4. The van der Waals surface area contributed by atoms with Crippen LogP contribution in [0.25, 0.3) is 0 Å². The van der Waals surface area contributed by atoms with Gasteiger partial charge in [0, 0.05) is 30.9 Å². The number of amides is 2. The first-order chi connectivity index (χ1) is 12.1. The number of benzene rings is 1. The van der Waals surface area contributed by atoms with Gasteiger partial charge in [0.25, 0.3) is 0 Å². The Bertz CT molecular complexity index is 577. The summed E-state index contributed by atoms with van der Waals surface area (Å²) in [6.45, 7) is 1.89. The van der Waals surface area contributed by atoms with Gasteiger partial charge in [-0.05, 0) is 50.7 Å². The Labute approximate surface area is 148 Å². The zero-order chi connectivity index (χ0) is 17.6. The van der Waals surface area contributed by atoms with Gasteiger partial charge in [0.15, 0.2) is 0 Å². The first-order valence-electron chi connectivity index (χ1n) is 9.21. The van der Waals surface area contributed by atoms with E-state index in [4.69, 9.17) is 5.11 Å². The standard InChI is InChI=1S/C19H27N3O3/c23-18(24)14-6-8-15(9-7-14)20-19(25)21-16-10-12-22(13-11-16)17-4-2-1-3-5-17/h1-5,14-16H,6-13H2,(H,23,24)(H2,20,21,25). The van der Waals surface area contributed by atoms with Gasteiger partial charge in [0.05, 0.1) is 5.92 Å². The Balaban J connectivity index is 1.38. The van der Waals surface area contributed by atoms with Crippen molar-refractivity contribution in [1.82, 2.24) is 10.6 Å². The van der Waals surface area contributed by atoms with Crippen LogP contribution in [0.2, 0.25) is 0 Å².